The van der Waals surface area contributed by atoms with Gasteiger partial charge in [-0.1, -0.05) is 6.07 Å². The summed E-state index contributed by atoms with van der Waals surface area (Å²) in [4.78, 5) is 9.31. The van der Waals surface area contributed by atoms with Crippen molar-refractivity contribution in [1.82, 2.24) is 19.7 Å². The first-order valence-electron chi connectivity index (χ1n) is 8.73. The number of methoxy groups -OCH3 is 1. The van der Waals surface area contributed by atoms with Gasteiger partial charge in [0.05, 0.1) is 30.9 Å². The highest BCUT2D eigenvalue weighted by Gasteiger charge is 2.52. The van der Waals surface area contributed by atoms with Crippen molar-refractivity contribution in [1.29, 1.82) is 0 Å². The van der Waals surface area contributed by atoms with Crippen LogP contribution >= 0.6 is 0 Å². The van der Waals surface area contributed by atoms with Crippen LogP contribution in [0, 0.1) is 5.41 Å². The van der Waals surface area contributed by atoms with Crippen molar-refractivity contribution in [3.63, 3.8) is 0 Å². The van der Waals surface area contributed by atoms with Gasteiger partial charge in [0.2, 0.25) is 0 Å². The van der Waals surface area contributed by atoms with Crippen LogP contribution in [-0.2, 0) is 0 Å². The summed E-state index contributed by atoms with van der Waals surface area (Å²) in [6.07, 6.45) is 6.43. The summed E-state index contributed by atoms with van der Waals surface area (Å²) in [5, 5.41) is 7.14. The number of pyridine rings is 2. The monoisotopic (exact) mass is 335 g/mol. The van der Waals surface area contributed by atoms with E-state index in [2.05, 4.69) is 15.6 Å². The number of hydrogen-bond acceptors (Lipinski definition) is 5. The zero-order chi connectivity index (χ0) is 16.9. The number of nitrogens with one attached hydrogen (secondary N) is 2. The van der Waals surface area contributed by atoms with Crippen LogP contribution in [0.4, 0.5) is 5.82 Å². The average molecular weight is 335 g/mol. The molecule has 1 aliphatic carbocycles. The Balaban J connectivity index is 1.48. The van der Waals surface area contributed by atoms with Crippen LogP contribution in [0.25, 0.3) is 17.0 Å². The smallest absolute Gasteiger partial charge is 0.137 e. The largest absolute Gasteiger partial charge is 0.495 e. The van der Waals surface area contributed by atoms with Gasteiger partial charge in [-0.25, -0.2) is 9.97 Å². The van der Waals surface area contributed by atoms with Crippen LogP contribution in [0.2, 0.25) is 0 Å². The number of hydrogen-bond donors (Lipinski definition) is 2. The second kappa shape index (κ2) is 5.46. The van der Waals surface area contributed by atoms with Crippen molar-refractivity contribution in [3.05, 3.63) is 42.7 Å². The molecule has 0 radical (unpaired) electrons. The molecule has 0 amide bonds. The first-order chi connectivity index (χ1) is 12.3. The average Bonchev–Trinajstić information content (AvgIpc) is 3.14. The van der Waals surface area contributed by atoms with Crippen LogP contribution in [0.1, 0.15) is 12.8 Å². The van der Waals surface area contributed by atoms with E-state index in [1.54, 1.807) is 7.11 Å². The fourth-order valence-electron chi connectivity index (χ4n) is 3.80. The van der Waals surface area contributed by atoms with Gasteiger partial charge in [-0.3, -0.25) is 4.40 Å². The molecule has 5 rings (SSSR count). The molecule has 25 heavy (non-hydrogen) atoms. The predicted octanol–water partition coefficient (Wildman–Crippen LogP) is 2.57. The van der Waals surface area contributed by atoms with Gasteiger partial charge in [0, 0.05) is 24.5 Å². The maximum Gasteiger partial charge on any atom is 0.137 e. The molecular formula is C19H21N5O. The third-order valence-electron chi connectivity index (χ3n) is 5.50. The molecule has 2 fully saturated rings. The summed E-state index contributed by atoms with van der Waals surface area (Å²) in [6, 6.07) is 10.4. The number of imidazole rings is 1. The molecule has 128 valence electrons. The molecule has 4 heterocycles. The third kappa shape index (κ3) is 2.44. The molecule has 1 saturated carbocycles. The second-order valence-corrected chi connectivity index (χ2v) is 7.04. The summed E-state index contributed by atoms with van der Waals surface area (Å²) >= 11 is 0. The van der Waals surface area contributed by atoms with E-state index in [4.69, 9.17) is 9.72 Å². The minimum Gasteiger partial charge on any atom is -0.495 e. The Bertz CT molecular complexity index is 930. The molecule has 1 unspecified atom stereocenters. The van der Waals surface area contributed by atoms with E-state index in [1.807, 2.05) is 47.1 Å². The molecule has 3 aromatic rings. The highest BCUT2D eigenvalue weighted by Crippen LogP contribution is 2.51. The van der Waals surface area contributed by atoms with E-state index < -0.39 is 0 Å². The minimum atomic E-state index is 0.453. The van der Waals surface area contributed by atoms with Crippen LogP contribution in [0.15, 0.2) is 42.7 Å². The summed E-state index contributed by atoms with van der Waals surface area (Å²) in [7, 11) is 1.67. The van der Waals surface area contributed by atoms with E-state index in [0.29, 0.717) is 11.5 Å². The molecule has 1 atom stereocenters. The van der Waals surface area contributed by atoms with Gasteiger partial charge in [-0.15, -0.1) is 0 Å². The van der Waals surface area contributed by atoms with Gasteiger partial charge in [0.1, 0.15) is 17.2 Å². The van der Waals surface area contributed by atoms with Gasteiger partial charge in [-0.05, 0) is 37.1 Å². The fourth-order valence-corrected chi connectivity index (χ4v) is 3.80. The van der Waals surface area contributed by atoms with Crippen LogP contribution in [0.3, 0.4) is 0 Å². The SMILES string of the molecule is COc1ccc2ncc(-c3cccc(NC4CNCC45CC5)n3)n2c1. The predicted molar refractivity (Wildman–Crippen MR) is 96.9 cm³/mol. The first kappa shape index (κ1) is 14.7. The van der Waals surface area contributed by atoms with Gasteiger partial charge in [0.25, 0.3) is 0 Å². The van der Waals surface area contributed by atoms with E-state index in [0.717, 1.165) is 41.7 Å². The molecular weight excluding hydrogens is 314 g/mol. The van der Waals surface area contributed by atoms with Crippen molar-refractivity contribution in [2.24, 2.45) is 5.41 Å². The Morgan fingerprint density at radius 2 is 2.20 bits per heavy atom. The zero-order valence-corrected chi connectivity index (χ0v) is 14.2. The molecule has 2 N–H and O–H groups in total. The number of fused-ring (bicyclic) bond motifs is 1. The molecule has 1 aliphatic heterocycles. The number of nitrogens with zero attached hydrogens (tertiary/aromatic N) is 3. The Hall–Kier alpha value is -2.60. The lowest BCUT2D eigenvalue weighted by atomic mass is 10.0. The molecule has 0 bridgehead atoms. The van der Waals surface area contributed by atoms with Gasteiger partial charge < -0.3 is 15.4 Å². The Kier molecular flexibility index (Phi) is 3.21. The minimum absolute atomic E-state index is 0.453. The highest BCUT2D eigenvalue weighted by molar-refractivity contribution is 5.62. The molecule has 6 nitrogen and oxygen atoms in total. The zero-order valence-electron chi connectivity index (χ0n) is 14.2. The van der Waals surface area contributed by atoms with Crippen molar-refractivity contribution >= 4 is 11.5 Å². The van der Waals surface area contributed by atoms with Crippen molar-refractivity contribution in [3.8, 4) is 17.1 Å². The van der Waals surface area contributed by atoms with E-state index >= 15 is 0 Å². The summed E-state index contributed by atoms with van der Waals surface area (Å²) in [6.45, 7) is 2.14. The van der Waals surface area contributed by atoms with E-state index in [-0.39, 0.29) is 0 Å². The summed E-state index contributed by atoms with van der Waals surface area (Å²) in [5.74, 6) is 1.73. The molecule has 1 saturated heterocycles. The number of anilines is 1. The molecule has 0 aromatic carbocycles. The quantitative estimate of drug-likeness (QED) is 0.767. The summed E-state index contributed by atoms with van der Waals surface area (Å²) in [5.41, 5.74) is 3.20. The van der Waals surface area contributed by atoms with Crippen molar-refractivity contribution in [2.75, 3.05) is 25.5 Å². The third-order valence-corrected chi connectivity index (χ3v) is 5.50. The lowest BCUT2D eigenvalue weighted by molar-refractivity contribution is 0.412. The molecule has 2 aliphatic rings. The van der Waals surface area contributed by atoms with Crippen molar-refractivity contribution in [2.45, 2.75) is 18.9 Å². The van der Waals surface area contributed by atoms with Crippen LogP contribution in [0.5, 0.6) is 5.75 Å². The lowest BCUT2D eigenvalue weighted by Gasteiger charge is -2.19. The van der Waals surface area contributed by atoms with Crippen LogP contribution < -0.4 is 15.4 Å². The van der Waals surface area contributed by atoms with E-state index in [9.17, 15) is 0 Å². The van der Waals surface area contributed by atoms with Gasteiger partial charge in [-0.2, -0.15) is 0 Å². The van der Waals surface area contributed by atoms with Crippen LogP contribution in [-0.4, -0.2) is 40.6 Å². The maximum absolute atomic E-state index is 5.34. The van der Waals surface area contributed by atoms with Crippen molar-refractivity contribution < 1.29 is 4.74 Å². The Labute approximate surface area is 146 Å². The Morgan fingerprint density at radius 1 is 1.28 bits per heavy atom. The number of aromatic nitrogens is 3. The van der Waals surface area contributed by atoms with Gasteiger partial charge in [0.15, 0.2) is 0 Å². The second-order valence-electron chi connectivity index (χ2n) is 7.04. The first-order valence-corrected chi connectivity index (χ1v) is 8.73. The van der Waals surface area contributed by atoms with E-state index in [1.165, 1.54) is 12.8 Å². The normalized spacial score (nSPS) is 20.9. The lowest BCUT2D eigenvalue weighted by Crippen LogP contribution is -2.29. The topological polar surface area (TPSA) is 63.5 Å². The number of ether oxygens (including phenoxy) is 1. The number of rotatable bonds is 4. The molecule has 3 aromatic heterocycles. The maximum atomic E-state index is 5.34. The highest BCUT2D eigenvalue weighted by atomic mass is 16.5. The standard InChI is InChI=1S/C19H21N5O/c1-25-13-5-6-18-21-9-15(24(18)11-13)14-3-2-4-17(22-14)23-16-10-20-12-19(16)7-8-19/h2-6,9,11,16,20H,7-8,10,12H2,1H3,(H,22,23). The summed E-state index contributed by atoms with van der Waals surface area (Å²) < 4.78 is 7.35. The Morgan fingerprint density at radius 3 is 3.04 bits per heavy atom. The molecule has 6 heteroatoms. The molecule has 1 spiro atoms. The van der Waals surface area contributed by atoms with Gasteiger partial charge >= 0.3 is 0 Å². The fraction of sp³-hybridized carbons (Fsp3) is 0.368.